The second-order valence-electron chi connectivity index (χ2n) is 5.35. The van der Waals surface area contributed by atoms with Gasteiger partial charge in [0.05, 0.1) is 5.69 Å². The van der Waals surface area contributed by atoms with Crippen LogP contribution in [0.15, 0.2) is 30.7 Å². The van der Waals surface area contributed by atoms with Gasteiger partial charge >= 0.3 is 6.09 Å². The van der Waals surface area contributed by atoms with Crippen LogP contribution in [0.3, 0.4) is 0 Å². The van der Waals surface area contributed by atoms with Crippen LogP contribution in [0.25, 0.3) is 5.82 Å². The van der Waals surface area contributed by atoms with E-state index in [-0.39, 0.29) is 0 Å². The minimum absolute atomic E-state index is 0.510. The standard InChI is InChI=1S/C14H18N4O2/c1-10-15-8-9-18(10)12-11(6-5-7-16-12)17-13(19)20-14(2,3)4/h5-9H,1-4H3,(H,17,19). The Hall–Kier alpha value is -2.37. The summed E-state index contributed by atoms with van der Waals surface area (Å²) < 4.78 is 7.04. The first-order chi connectivity index (χ1) is 9.37. The van der Waals surface area contributed by atoms with Gasteiger partial charge in [0.25, 0.3) is 0 Å². The minimum Gasteiger partial charge on any atom is -0.444 e. The Labute approximate surface area is 117 Å². The average molecular weight is 274 g/mol. The molecule has 1 amide bonds. The molecule has 6 heteroatoms. The summed E-state index contributed by atoms with van der Waals surface area (Å²) in [6, 6.07) is 3.52. The van der Waals surface area contributed by atoms with E-state index in [9.17, 15) is 4.79 Å². The third-order valence-corrected chi connectivity index (χ3v) is 2.48. The van der Waals surface area contributed by atoms with Crippen LogP contribution >= 0.6 is 0 Å². The van der Waals surface area contributed by atoms with E-state index in [1.165, 1.54) is 0 Å². The first-order valence-corrected chi connectivity index (χ1v) is 6.32. The lowest BCUT2D eigenvalue weighted by Gasteiger charge is -2.20. The van der Waals surface area contributed by atoms with Gasteiger partial charge in [-0.1, -0.05) is 0 Å². The van der Waals surface area contributed by atoms with Crippen molar-refractivity contribution in [3.05, 3.63) is 36.5 Å². The van der Waals surface area contributed by atoms with Gasteiger partial charge in [-0.25, -0.2) is 14.8 Å². The highest BCUT2D eigenvalue weighted by molar-refractivity contribution is 5.87. The first-order valence-electron chi connectivity index (χ1n) is 6.32. The quantitative estimate of drug-likeness (QED) is 0.914. The molecule has 0 aliphatic heterocycles. The van der Waals surface area contributed by atoms with Crippen LogP contribution < -0.4 is 5.32 Å². The predicted molar refractivity (Wildman–Crippen MR) is 76.0 cm³/mol. The summed E-state index contributed by atoms with van der Waals surface area (Å²) in [5, 5.41) is 2.71. The van der Waals surface area contributed by atoms with Crippen LogP contribution in [-0.4, -0.2) is 26.2 Å². The first kappa shape index (κ1) is 14.0. The van der Waals surface area contributed by atoms with Crippen molar-refractivity contribution in [3.8, 4) is 5.82 Å². The van der Waals surface area contributed by atoms with Crippen molar-refractivity contribution in [2.75, 3.05) is 5.32 Å². The van der Waals surface area contributed by atoms with Crippen LogP contribution in [0.5, 0.6) is 0 Å². The van der Waals surface area contributed by atoms with E-state index < -0.39 is 11.7 Å². The monoisotopic (exact) mass is 274 g/mol. The summed E-state index contributed by atoms with van der Waals surface area (Å²) in [6.07, 6.45) is 4.62. The molecular weight excluding hydrogens is 256 g/mol. The van der Waals surface area contributed by atoms with Crippen molar-refractivity contribution >= 4 is 11.8 Å². The third-order valence-electron chi connectivity index (χ3n) is 2.48. The fraction of sp³-hybridized carbons (Fsp3) is 0.357. The van der Waals surface area contributed by atoms with Gasteiger partial charge in [0.2, 0.25) is 0 Å². The summed E-state index contributed by atoms with van der Waals surface area (Å²) in [7, 11) is 0. The Morgan fingerprint density at radius 1 is 1.30 bits per heavy atom. The highest BCUT2D eigenvalue weighted by Gasteiger charge is 2.18. The molecule has 2 rings (SSSR count). The normalized spacial score (nSPS) is 11.2. The Kier molecular flexibility index (Phi) is 3.74. The van der Waals surface area contributed by atoms with Crippen molar-refractivity contribution in [1.82, 2.24) is 14.5 Å². The second-order valence-corrected chi connectivity index (χ2v) is 5.35. The van der Waals surface area contributed by atoms with Gasteiger partial charge in [0.15, 0.2) is 5.82 Å². The molecule has 2 aromatic rings. The molecule has 20 heavy (non-hydrogen) atoms. The number of aromatic nitrogens is 3. The van der Waals surface area contributed by atoms with E-state index in [1.807, 2.05) is 27.7 Å². The van der Waals surface area contributed by atoms with Gasteiger partial charge in [-0.3, -0.25) is 9.88 Å². The topological polar surface area (TPSA) is 69.0 Å². The maximum absolute atomic E-state index is 11.8. The number of rotatable bonds is 2. The molecule has 0 aliphatic rings. The lowest BCUT2D eigenvalue weighted by Crippen LogP contribution is -2.27. The smallest absolute Gasteiger partial charge is 0.412 e. The molecular formula is C14H18N4O2. The summed E-state index contributed by atoms with van der Waals surface area (Å²) in [5.41, 5.74) is 0.0278. The van der Waals surface area contributed by atoms with Gasteiger partial charge in [-0.2, -0.15) is 0 Å². The van der Waals surface area contributed by atoms with E-state index in [1.54, 1.807) is 35.3 Å². The zero-order valence-corrected chi connectivity index (χ0v) is 12.0. The van der Waals surface area contributed by atoms with Crippen LogP contribution in [0.4, 0.5) is 10.5 Å². The molecule has 106 valence electrons. The molecule has 6 nitrogen and oxygen atoms in total. The van der Waals surface area contributed by atoms with Crippen molar-refractivity contribution < 1.29 is 9.53 Å². The molecule has 0 atom stereocenters. The number of hydrogen-bond donors (Lipinski definition) is 1. The number of carbonyl (C=O) groups is 1. The molecule has 0 aromatic carbocycles. The number of nitrogens with zero attached hydrogens (tertiary/aromatic N) is 3. The van der Waals surface area contributed by atoms with Gasteiger partial charge in [0.1, 0.15) is 11.4 Å². The third kappa shape index (κ3) is 3.34. The molecule has 2 heterocycles. The predicted octanol–water partition coefficient (Wildman–Crippen LogP) is 2.92. The lowest BCUT2D eigenvalue weighted by molar-refractivity contribution is 0.0636. The highest BCUT2D eigenvalue weighted by Crippen LogP contribution is 2.19. The van der Waals surface area contributed by atoms with Gasteiger partial charge in [-0.15, -0.1) is 0 Å². The van der Waals surface area contributed by atoms with Crippen LogP contribution in [0.2, 0.25) is 0 Å². The molecule has 0 saturated carbocycles. The SMILES string of the molecule is Cc1nccn1-c1ncccc1NC(=O)OC(C)(C)C. The van der Waals surface area contributed by atoms with E-state index in [0.717, 1.165) is 5.82 Å². The molecule has 0 bridgehead atoms. The Balaban J connectivity index is 2.26. The van der Waals surface area contributed by atoms with Crippen molar-refractivity contribution in [1.29, 1.82) is 0 Å². The van der Waals surface area contributed by atoms with E-state index in [2.05, 4.69) is 15.3 Å². The molecule has 2 aromatic heterocycles. The molecule has 0 aliphatic carbocycles. The minimum atomic E-state index is -0.544. The fourth-order valence-corrected chi connectivity index (χ4v) is 1.70. The number of ether oxygens (including phenoxy) is 1. The average Bonchev–Trinajstić information content (AvgIpc) is 2.73. The van der Waals surface area contributed by atoms with E-state index in [4.69, 9.17) is 4.74 Å². The van der Waals surface area contributed by atoms with E-state index >= 15 is 0 Å². The van der Waals surface area contributed by atoms with Crippen molar-refractivity contribution in [2.24, 2.45) is 0 Å². The number of nitrogens with one attached hydrogen (secondary N) is 1. The Morgan fingerprint density at radius 3 is 2.65 bits per heavy atom. The fourth-order valence-electron chi connectivity index (χ4n) is 1.70. The van der Waals surface area contributed by atoms with Crippen LogP contribution in [-0.2, 0) is 4.74 Å². The zero-order chi connectivity index (χ0) is 14.8. The zero-order valence-electron chi connectivity index (χ0n) is 12.0. The maximum Gasteiger partial charge on any atom is 0.412 e. The number of anilines is 1. The van der Waals surface area contributed by atoms with Gasteiger partial charge in [0, 0.05) is 18.6 Å². The van der Waals surface area contributed by atoms with Crippen molar-refractivity contribution in [2.45, 2.75) is 33.3 Å². The number of amides is 1. The number of pyridine rings is 1. The van der Waals surface area contributed by atoms with Crippen LogP contribution in [0.1, 0.15) is 26.6 Å². The molecule has 0 saturated heterocycles. The lowest BCUT2D eigenvalue weighted by atomic mass is 10.2. The number of hydrogen-bond acceptors (Lipinski definition) is 4. The Bertz CT molecular complexity index is 614. The molecule has 0 spiro atoms. The summed E-state index contributed by atoms with van der Waals surface area (Å²) >= 11 is 0. The second kappa shape index (κ2) is 5.32. The summed E-state index contributed by atoms with van der Waals surface area (Å²) in [6.45, 7) is 7.32. The Morgan fingerprint density at radius 2 is 2.05 bits per heavy atom. The van der Waals surface area contributed by atoms with Gasteiger partial charge < -0.3 is 4.74 Å². The molecule has 0 radical (unpaired) electrons. The number of aryl methyl sites for hydroxylation is 1. The van der Waals surface area contributed by atoms with Crippen molar-refractivity contribution in [3.63, 3.8) is 0 Å². The largest absolute Gasteiger partial charge is 0.444 e. The maximum atomic E-state index is 11.8. The van der Waals surface area contributed by atoms with Gasteiger partial charge in [-0.05, 0) is 39.8 Å². The summed E-state index contributed by atoms with van der Waals surface area (Å²) in [5.74, 6) is 1.39. The highest BCUT2D eigenvalue weighted by atomic mass is 16.6. The molecule has 1 N–H and O–H groups in total. The molecule has 0 unspecified atom stereocenters. The summed E-state index contributed by atoms with van der Waals surface area (Å²) in [4.78, 5) is 20.3. The molecule has 0 fully saturated rings. The van der Waals surface area contributed by atoms with Crippen LogP contribution in [0, 0.1) is 6.92 Å². The number of carbonyl (C=O) groups excluding carboxylic acids is 1. The number of imidazole rings is 1. The van der Waals surface area contributed by atoms with E-state index in [0.29, 0.717) is 11.5 Å².